The average Bonchev–Trinajstić information content (AvgIpc) is 3.31. The highest BCUT2D eigenvalue weighted by molar-refractivity contribution is 7.88. The lowest BCUT2D eigenvalue weighted by Gasteiger charge is -2.30. The van der Waals surface area contributed by atoms with Crippen LogP contribution in [0.1, 0.15) is 36.6 Å². The van der Waals surface area contributed by atoms with E-state index in [2.05, 4.69) is 4.98 Å². The maximum Gasteiger partial charge on any atom is 0.238 e. The smallest absolute Gasteiger partial charge is 0.238 e. The van der Waals surface area contributed by atoms with Crippen molar-refractivity contribution in [2.75, 3.05) is 5.75 Å². The van der Waals surface area contributed by atoms with E-state index in [0.29, 0.717) is 17.5 Å². The number of halogens is 3. The van der Waals surface area contributed by atoms with E-state index in [1.54, 1.807) is 32.1 Å². The van der Waals surface area contributed by atoms with Crippen molar-refractivity contribution in [3.05, 3.63) is 100 Å². The van der Waals surface area contributed by atoms with Gasteiger partial charge in [0.15, 0.2) is 11.6 Å². The van der Waals surface area contributed by atoms with Crippen LogP contribution in [0.5, 0.6) is 0 Å². The van der Waals surface area contributed by atoms with Crippen molar-refractivity contribution < 1.29 is 32.1 Å². The third kappa shape index (κ3) is 5.92. The first-order valence-electron chi connectivity index (χ1n) is 11.7. The summed E-state index contributed by atoms with van der Waals surface area (Å²) in [4.78, 5) is 31.3. The molecule has 1 aliphatic heterocycles. The van der Waals surface area contributed by atoms with Crippen LogP contribution in [0.3, 0.4) is 0 Å². The second-order valence-electron chi connectivity index (χ2n) is 9.50. The van der Waals surface area contributed by atoms with E-state index in [9.17, 15) is 27.7 Å². The first-order valence-corrected chi connectivity index (χ1v) is 13.1. The largest absolute Gasteiger partial charge is 0.384 e. The number of aliphatic hydroxyl groups is 1. The van der Waals surface area contributed by atoms with Crippen LogP contribution in [0.25, 0.3) is 11.1 Å². The summed E-state index contributed by atoms with van der Waals surface area (Å²) in [7, 11) is -1.31. The minimum atomic E-state index is -1.51. The molecule has 1 N–H and O–H groups in total. The van der Waals surface area contributed by atoms with Gasteiger partial charge in [0.1, 0.15) is 23.6 Å². The Morgan fingerprint density at radius 1 is 1.11 bits per heavy atom. The lowest BCUT2D eigenvalue weighted by Crippen LogP contribution is -2.43. The van der Waals surface area contributed by atoms with Crippen molar-refractivity contribution in [2.24, 2.45) is 0 Å². The number of aromatic nitrogens is 1. The third-order valence-electron chi connectivity index (χ3n) is 6.27. The number of aldehydes is 1. The van der Waals surface area contributed by atoms with E-state index in [1.165, 1.54) is 34.7 Å². The summed E-state index contributed by atoms with van der Waals surface area (Å²) in [6.45, 7) is 3.13. The fourth-order valence-corrected chi connectivity index (χ4v) is 5.29. The zero-order chi connectivity index (χ0) is 27.6. The molecule has 1 aromatic heterocycles. The van der Waals surface area contributed by atoms with Gasteiger partial charge in [-0.1, -0.05) is 24.3 Å². The Hall–Kier alpha value is -3.63. The second-order valence-corrected chi connectivity index (χ2v) is 10.9. The van der Waals surface area contributed by atoms with Crippen LogP contribution in [-0.4, -0.2) is 43.2 Å². The van der Waals surface area contributed by atoms with Gasteiger partial charge in [-0.25, -0.2) is 13.2 Å². The van der Waals surface area contributed by atoms with E-state index in [0.717, 1.165) is 18.2 Å². The molecule has 3 unspecified atom stereocenters. The topological polar surface area (TPSA) is 87.6 Å². The fraction of sp³-hybridized carbons (Fsp3) is 0.250. The molecule has 1 aliphatic rings. The molecule has 38 heavy (non-hydrogen) atoms. The number of nitrogens with zero attached hydrogens (tertiary/aromatic N) is 2. The summed E-state index contributed by atoms with van der Waals surface area (Å²) in [5.74, 6) is -5.07. The molecule has 2 aromatic carbocycles. The van der Waals surface area contributed by atoms with Gasteiger partial charge in [0.05, 0.1) is 17.5 Å². The molecule has 3 aromatic rings. The first kappa shape index (κ1) is 27.4. The van der Waals surface area contributed by atoms with Crippen molar-refractivity contribution in [1.82, 2.24) is 9.88 Å². The number of amides is 1. The minimum absolute atomic E-state index is 0.00443. The van der Waals surface area contributed by atoms with Gasteiger partial charge in [0.25, 0.3) is 0 Å². The highest BCUT2D eigenvalue weighted by Gasteiger charge is 2.34. The number of pyridine rings is 1. The van der Waals surface area contributed by atoms with Crippen LogP contribution < -0.4 is 0 Å². The molecule has 2 heterocycles. The molecule has 0 radical (unpaired) electrons. The van der Waals surface area contributed by atoms with Crippen molar-refractivity contribution in [3.8, 4) is 11.1 Å². The Morgan fingerprint density at radius 3 is 2.37 bits per heavy atom. The number of benzene rings is 2. The van der Waals surface area contributed by atoms with Gasteiger partial charge in [-0.15, -0.1) is 0 Å². The van der Waals surface area contributed by atoms with Crippen molar-refractivity contribution in [3.63, 3.8) is 0 Å². The summed E-state index contributed by atoms with van der Waals surface area (Å²) in [6, 6.07) is 9.56. The average molecular weight is 543 g/mol. The van der Waals surface area contributed by atoms with Crippen LogP contribution in [0.15, 0.2) is 66.2 Å². The maximum absolute atomic E-state index is 15.2. The van der Waals surface area contributed by atoms with Gasteiger partial charge in [-0.2, -0.15) is 0 Å². The standard InChI is InChI=1S/C28H25F3N2O4S/c1-28(2,36)26-11-17(7-9-32-26)14-33(20-8-10-38(37)16-20)27(35)22(15-34)21-5-3-18(12-24(21)30)19-4-6-23(29)25(31)13-19/h3-13,15,20,22,36H,14,16H2,1-2H3. The normalized spacial score (nSPS) is 17.8. The molecular weight excluding hydrogens is 517 g/mol. The third-order valence-corrected chi connectivity index (χ3v) is 7.40. The van der Waals surface area contributed by atoms with Crippen LogP contribution in [0.2, 0.25) is 0 Å². The minimum Gasteiger partial charge on any atom is -0.384 e. The molecule has 3 atom stereocenters. The maximum atomic E-state index is 15.2. The zero-order valence-electron chi connectivity index (χ0n) is 20.6. The molecule has 4 rings (SSSR count). The Bertz CT molecular complexity index is 1440. The second kappa shape index (κ2) is 11.0. The zero-order valence-corrected chi connectivity index (χ0v) is 21.4. The lowest BCUT2D eigenvalue weighted by molar-refractivity contribution is -0.136. The van der Waals surface area contributed by atoms with E-state index in [-0.39, 0.29) is 29.0 Å². The Morgan fingerprint density at radius 2 is 1.79 bits per heavy atom. The highest BCUT2D eigenvalue weighted by atomic mass is 32.2. The molecule has 0 aliphatic carbocycles. The van der Waals surface area contributed by atoms with Crippen molar-refractivity contribution in [1.29, 1.82) is 0 Å². The van der Waals surface area contributed by atoms with Gasteiger partial charge in [-0.3, -0.25) is 14.0 Å². The van der Waals surface area contributed by atoms with Crippen LogP contribution in [-0.2, 0) is 32.5 Å². The summed E-state index contributed by atoms with van der Waals surface area (Å²) in [5, 5.41) is 11.8. The number of rotatable bonds is 8. The molecule has 0 saturated heterocycles. The number of carbonyl (C=O) groups excluding carboxylic acids is 2. The molecule has 10 heteroatoms. The van der Waals surface area contributed by atoms with Gasteiger partial charge in [-0.05, 0) is 60.9 Å². The Labute approximate surface area is 220 Å². The molecular formula is C28H25F3N2O4S. The molecule has 0 saturated carbocycles. The van der Waals surface area contributed by atoms with Gasteiger partial charge >= 0.3 is 0 Å². The van der Waals surface area contributed by atoms with E-state index in [4.69, 9.17) is 0 Å². The summed E-state index contributed by atoms with van der Waals surface area (Å²) < 4.78 is 54.2. The quantitative estimate of drug-likeness (QED) is 0.338. The SMILES string of the molecule is CC(C)(O)c1cc(CN(C(=O)C(C=O)c2ccc(-c3ccc(F)c(F)c3)cc2F)C2C=CS(=O)C2)ccn1. The summed E-state index contributed by atoms with van der Waals surface area (Å²) in [6.07, 6.45) is 3.44. The Balaban J connectivity index is 1.67. The van der Waals surface area contributed by atoms with Gasteiger partial charge < -0.3 is 14.8 Å². The van der Waals surface area contributed by atoms with Crippen LogP contribution >= 0.6 is 0 Å². The molecule has 198 valence electrons. The van der Waals surface area contributed by atoms with E-state index < -0.39 is 51.7 Å². The predicted molar refractivity (Wildman–Crippen MR) is 137 cm³/mol. The first-order chi connectivity index (χ1) is 18.0. The van der Waals surface area contributed by atoms with Crippen molar-refractivity contribution >= 4 is 23.0 Å². The van der Waals surface area contributed by atoms with Crippen LogP contribution in [0.4, 0.5) is 13.2 Å². The van der Waals surface area contributed by atoms with Crippen molar-refractivity contribution in [2.45, 2.75) is 38.0 Å². The number of hydrogen-bond donors (Lipinski definition) is 1. The lowest BCUT2D eigenvalue weighted by atomic mass is 9.94. The van der Waals surface area contributed by atoms with Gasteiger partial charge in [0.2, 0.25) is 5.91 Å². The predicted octanol–water partition coefficient (Wildman–Crippen LogP) is 4.35. The highest BCUT2D eigenvalue weighted by Crippen LogP contribution is 2.29. The number of hydrogen-bond acceptors (Lipinski definition) is 5. The van der Waals surface area contributed by atoms with E-state index in [1.807, 2.05) is 0 Å². The van der Waals surface area contributed by atoms with E-state index >= 15 is 4.39 Å². The molecule has 0 bridgehead atoms. The summed E-state index contributed by atoms with van der Waals surface area (Å²) >= 11 is 0. The molecule has 1 amide bonds. The van der Waals surface area contributed by atoms with Crippen LogP contribution in [0, 0.1) is 17.5 Å². The number of carbonyl (C=O) groups is 2. The fourth-order valence-electron chi connectivity index (χ4n) is 4.19. The van der Waals surface area contributed by atoms with Gasteiger partial charge in [0, 0.05) is 34.5 Å². The molecule has 0 spiro atoms. The summed E-state index contributed by atoms with van der Waals surface area (Å²) in [5.41, 5.74) is 0.0296. The monoisotopic (exact) mass is 542 g/mol. The Kier molecular flexibility index (Phi) is 7.94. The molecule has 6 nitrogen and oxygen atoms in total. The molecule has 0 fully saturated rings.